The van der Waals surface area contributed by atoms with Gasteiger partial charge in [0.25, 0.3) is 5.82 Å². The predicted molar refractivity (Wildman–Crippen MR) is 71.5 cm³/mol. The number of ketones is 1. The smallest absolute Gasteiger partial charge is 0.252 e. The molecular weight excluding hydrogens is 274 g/mol. The Kier molecular flexibility index (Phi) is 3.95. The number of hydrogen-bond acceptors (Lipinski definition) is 6. The van der Waals surface area contributed by atoms with Gasteiger partial charge in [0.05, 0.1) is 5.69 Å². The number of rotatable bonds is 4. The lowest BCUT2D eigenvalue weighted by Gasteiger charge is -2.07. The highest BCUT2D eigenvalue weighted by Crippen LogP contribution is 2.24. The molecule has 0 aliphatic carbocycles. The summed E-state index contributed by atoms with van der Waals surface area (Å²) in [6, 6.07) is 5.90. The minimum absolute atomic E-state index is 0.0209. The fourth-order valence-electron chi connectivity index (χ4n) is 1.66. The second kappa shape index (κ2) is 5.83. The SMILES string of the molecule is CC(=O)Nc1cc(C(=O)Cn2cnc(C#N)n2)ccc1O. The molecule has 0 saturated heterocycles. The first-order chi connectivity index (χ1) is 9.99. The van der Waals surface area contributed by atoms with E-state index in [1.807, 2.05) is 0 Å². The molecule has 21 heavy (non-hydrogen) atoms. The highest BCUT2D eigenvalue weighted by Gasteiger charge is 2.12. The highest BCUT2D eigenvalue weighted by molar-refractivity contribution is 5.98. The molecule has 1 heterocycles. The van der Waals surface area contributed by atoms with E-state index in [-0.39, 0.29) is 35.5 Å². The first kappa shape index (κ1) is 14.2. The third kappa shape index (κ3) is 3.42. The van der Waals surface area contributed by atoms with Crippen LogP contribution in [0.4, 0.5) is 5.69 Å². The Morgan fingerprint density at radius 1 is 1.48 bits per heavy atom. The van der Waals surface area contributed by atoms with Gasteiger partial charge in [-0.25, -0.2) is 9.67 Å². The van der Waals surface area contributed by atoms with E-state index in [0.717, 1.165) is 0 Å². The molecule has 2 aromatic rings. The molecule has 0 unspecified atom stereocenters. The van der Waals surface area contributed by atoms with Gasteiger partial charge in [0, 0.05) is 12.5 Å². The van der Waals surface area contributed by atoms with Gasteiger partial charge in [0.1, 0.15) is 24.7 Å². The number of phenols is 1. The lowest BCUT2D eigenvalue weighted by atomic mass is 10.1. The van der Waals surface area contributed by atoms with Crippen LogP contribution in [0.3, 0.4) is 0 Å². The van der Waals surface area contributed by atoms with Crippen LogP contribution >= 0.6 is 0 Å². The first-order valence-corrected chi connectivity index (χ1v) is 5.93. The quantitative estimate of drug-likeness (QED) is 0.630. The van der Waals surface area contributed by atoms with Crippen LogP contribution in [0.25, 0.3) is 0 Å². The van der Waals surface area contributed by atoms with Gasteiger partial charge in [0.2, 0.25) is 5.91 Å². The molecule has 0 saturated carbocycles. The van der Waals surface area contributed by atoms with Crippen LogP contribution < -0.4 is 5.32 Å². The zero-order valence-corrected chi connectivity index (χ0v) is 11.1. The van der Waals surface area contributed by atoms with E-state index in [0.29, 0.717) is 5.56 Å². The second-order valence-corrected chi connectivity index (χ2v) is 4.21. The summed E-state index contributed by atoms with van der Waals surface area (Å²) in [5, 5.41) is 24.4. The normalized spacial score (nSPS) is 9.90. The summed E-state index contributed by atoms with van der Waals surface area (Å²) < 4.78 is 1.24. The van der Waals surface area contributed by atoms with E-state index in [9.17, 15) is 14.7 Å². The Labute approximate surface area is 119 Å². The summed E-state index contributed by atoms with van der Waals surface area (Å²) >= 11 is 0. The molecule has 0 aliphatic heterocycles. The number of nitrogens with zero attached hydrogens (tertiary/aromatic N) is 4. The van der Waals surface area contributed by atoms with Crippen molar-refractivity contribution < 1.29 is 14.7 Å². The fraction of sp³-hybridized carbons (Fsp3) is 0.154. The van der Waals surface area contributed by atoms with Crippen LogP contribution in [0.15, 0.2) is 24.5 Å². The van der Waals surface area contributed by atoms with Gasteiger partial charge < -0.3 is 10.4 Å². The number of carbonyl (C=O) groups is 2. The van der Waals surface area contributed by atoms with E-state index in [1.165, 1.54) is 36.1 Å². The number of amides is 1. The topological polar surface area (TPSA) is 121 Å². The zero-order valence-electron chi connectivity index (χ0n) is 11.1. The molecule has 2 N–H and O–H groups in total. The van der Waals surface area contributed by atoms with Crippen molar-refractivity contribution in [3.63, 3.8) is 0 Å². The number of phenolic OH excluding ortho intramolecular Hbond substituents is 1. The molecule has 8 nitrogen and oxygen atoms in total. The minimum atomic E-state index is -0.357. The van der Waals surface area contributed by atoms with Crippen molar-refractivity contribution in [2.24, 2.45) is 0 Å². The van der Waals surface area contributed by atoms with Gasteiger partial charge in [-0.15, -0.1) is 5.10 Å². The summed E-state index contributed by atoms with van der Waals surface area (Å²) in [5.74, 6) is -0.803. The van der Waals surface area contributed by atoms with Gasteiger partial charge in [0.15, 0.2) is 5.78 Å². The van der Waals surface area contributed by atoms with Crippen LogP contribution in [0.1, 0.15) is 23.1 Å². The summed E-state index contributed by atoms with van der Waals surface area (Å²) in [5.41, 5.74) is 0.454. The van der Waals surface area contributed by atoms with Crippen molar-refractivity contribution in [3.05, 3.63) is 35.9 Å². The molecule has 2 rings (SSSR count). The average Bonchev–Trinajstić information content (AvgIpc) is 2.88. The predicted octanol–water partition coefficient (Wildman–Crippen LogP) is 0.697. The average molecular weight is 285 g/mol. The fourth-order valence-corrected chi connectivity index (χ4v) is 1.66. The van der Waals surface area contributed by atoms with Crippen molar-refractivity contribution in [1.82, 2.24) is 14.8 Å². The van der Waals surface area contributed by atoms with Crippen LogP contribution in [-0.4, -0.2) is 31.6 Å². The number of aromatic nitrogens is 3. The summed E-state index contributed by atoms with van der Waals surface area (Å²) in [6.45, 7) is 1.20. The third-order valence-corrected chi connectivity index (χ3v) is 2.57. The molecule has 0 radical (unpaired) electrons. The van der Waals surface area contributed by atoms with E-state index in [1.54, 1.807) is 6.07 Å². The molecule has 1 aromatic heterocycles. The lowest BCUT2D eigenvalue weighted by molar-refractivity contribution is -0.114. The summed E-state index contributed by atoms with van der Waals surface area (Å²) in [4.78, 5) is 26.8. The van der Waals surface area contributed by atoms with Gasteiger partial charge in [-0.3, -0.25) is 9.59 Å². The molecule has 0 bridgehead atoms. The molecule has 1 aromatic carbocycles. The number of nitrogens with one attached hydrogen (secondary N) is 1. The van der Waals surface area contributed by atoms with Crippen molar-refractivity contribution in [2.75, 3.05) is 5.32 Å². The molecule has 106 valence electrons. The van der Waals surface area contributed by atoms with E-state index >= 15 is 0 Å². The minimum Gasteiger partial charge on any atom is -0.506 e. The van der Waals surface area contributed by atoms with E-state index in [2.05, 4.69) is 15.4 Å². The number of nitriles is 1. The van der Waals surface area contributed by atoms with Gasteiger partial charge in [-0.2, -0.15) is 5.26 Å². The van der Waals surface area contributed by atoms with Crippen molar-refractivity contribution in [1.29, 1.82) is 5.26 Å². The first-order valence-electron chi connectivity index (χ1n) is 5.93. The molecular formula is C13H11N5O3. The Bertz CT molecular complexity index is 745. The molecule has 0 fully saturated rings. The zero-order chi connectivity index (χ0) is 15.4. The second-order valence-electron chi connectivity index (χ2n) is 4.21. The van der Waals surface area contributed by atoms with E-state index < -0.39 is 0 Å². The van der Waals surface area contributed by atoms with Crippen LogP contribution in [0, 0.1) is 11.3 Å². The summed E-state index contributed by atoms with van der Waals surface area (Å²) in [6.07, 6.45) is 1.28. The van der Waals surface area contributed by atoms with Crippen molar-refractivity contribution in [3.8, 4) is 11.8 Å². The van der Waals surface area contributed by atoms with E-state index in [4.69, 9.17) is 5.26 Å². The van der Waals surface area contributed by atoms with Crippen LogP contribution in [-0.2, 0) is 11.3 Å². The number of Topliss-reactive ketones (excluding diaryl/α,β-unsaturated/α-hetero) is 1. The molecule has 0 spiro atoms. The Hall–Kier alpha value is -3.21. The molecule has 8 heteroatoms. The summed E-state index contributed by atoms with van der Waals surface area (Å²) in [7, 11) is 0. The number of benzene rings is 1. The Morgan fingerprint density at radius 3 is 2.86 bits per heavy atom. The lowest BCUT2D eigenvalue weighted by Crippen LogP contribution is -2.12. The number of aromatic hydroxyl groups is 1. The van der Waals surface area contributed by atoms with Crippen molar-refractivity contribution >= 4 is 17.4 Å². The van der Waals surface area contributed by atoms with Crippen LogP contribution in [0.5, 0.6) is 5.75 Å². The molecule has 0 atom stereocenters. The number of carbonyl (C=O) groups excluding carboxylic acids is 2. The number of hydrogen-bond donors (Lipinski definition) is 2. The maximum atomic E-state index is 12.1. The van der Waals surface area contributed by atoms with Gasteiger partial charge in [-0.05, 0) is 18.2 Å². The highest BCUT2D eigenvalue weighted by atomic mass is 16.3. The van der Waals surface area contributed by atoms with Crippen LogP contribution in [0.2, 0.25) is 0 Å². The molecule has 0 aliphatic rings. The Morgan fingerprint density at radius 2 is 2.24 bits per heavy atom. The monoisotopic (exact) mass is 285 g/mol. The largest absolute Gasteiger partial charge is 0.506 e. The van der Waals surface area contributed by atoms with Crippen molar-refractivity contribution in [2.45, 2.75) is 13.5 Å². The Balaban J connectivity index is 2.19. The molecule has 1 amide bonds. The standard InChI is InChI=1S/C13H11N5O3/c1-8(19)16-10-4-9(2-3-11(10)20)12(21)6-18-7-15-13(5-14)17-18/h2-4,7,20H,6H2,1H3,(H,16,19). The third-order valence-electron chi connectivity index (χ3n) is 2.57. The maximum absolute atomic E-state index is 12.1. The maximum Gasteiger partial charge on any atom is 0.252 e. The van der Waals surface area contributed by atoms with Gasteiger partial charge in [-0.1, -0.05) is 0 Å². The number of anilines is 1. The van der Waals surface area contributed by atoms with Gasteiger partial charge >= 0.3 is 0 Å².